The maximum absolute atomic E-state index is 11.7. The van der Waals surface area contributed by atoms with Gasteiger partial charge in [0.15, 0.2) is 0 Å². The van der Waals surface area contributed by atoms with Crippen LogP contribution < -0.4 is 10.6 Å². The summed E-state index contributed by atoms with van der Waals surface area (Å²) in [5.74, 6) is -0.443. The smallest absolute Gasteiger partial charge is 0.263 e. The first-order valence-corrected chi connectivity index (χ1v) is 6.93. The molecule has 1 amide bonds. The molecule has 0 aliphatic rings. The van der Waals surface area contributed by atoms with Crippen molar-refractivity contribution < 1.29 is 9.53 Å². The normalized spacial score (nSPS) is 10.9. The van der Waals surface area contributed by atoms with Gasteiger partial charge >= 0.3 is 0 Å². The van der Waals surface area contributed by atoms with Crippen LogP contribution in [0.2, 0.25) is 10.0 Å². The largest absolute Gasteiger partial charge is 0.385 e. The van der Waals surface area contributed by atoms with E-state index in [-0.39, 0.29) is 5.57 Å². The van der Waals surface area contributed by atoms with Crippen molar-refractivity contribution in [3.8, 4) is 6.07 Å². The van der Waals surface area contributed by atoms with Gasteiger partial charge in [-0.3, -0.25) is 4.79 Å². The molecule has 0 radical (unpaired) electrons. The molecule has 0 aromatic heterocycles. The predicted molar refractivity (Wildman–Crippen MR) is 83.3 cm³/mol. The highest BCUT2D eigenvalue weighted by atomic mass is 35.5. The summed E-state index contributed by atoms with van der Waals surface area (Å²) >= 11 is 11.7. The number of hydrogen-bond donors (Lipinski definition) is 2. The van der Waals surface area contributed by atoms with Gasteiger partial charge in [0.05, 0.1) is 10.0 Å². The maximum Gasteiger partial charge on any atom is 0.263 e. The van der Waals surface area contributed by atoms with E-state index in [2.05, 4.69) is 10.6 Å². The van der Waals surface area contributed by atoms with Crippen LogP contribution >= 0.6 is 23.2 Å². The molecule has 0 unspecified atom stereocenters. The molecule has 0 aliphatic carbocycles. The number of carbonyl (C=O) groups is 1. The summed E-state index contributed by atoms with van der Waals surface area (Å²) < 4.78 is 4.87. The molecule has 1 aromatic carbocycles. The molecule has 0 atom stereocenters. The van der Waals surface area contributed by atoms with Gasteiger partial charge in [-0.2, -0.15) is 5.26 Å². The zero-order valence-corrected chi connectivity index (χ0v) is 13.0. The molecular formula is C14H15Cl2N3O2. The Morgan fingerprint density at radius 1 is 1.43 bits per heavy atom. The van der Waals surface area contributed by atoms with Crippen molar-refractivity contribution in [1.82, 2.24) is 5.32 Å². The van der Waals surface area contributed by atoms with Crippen molar-refractivity contribution >= 4 is 34.8 Å². The number of anilines is 1. The van der Waals surface area contributed by atoms with Gasteiger partial charge in [-0.15, -0.1) is 0 Å². The summed E-state index contributed by atoms with van der Waals surface area (Å²) in [6.45, 7) is 0.992. The van der Waals surface area contributed by atoms with Gasteiger partial charge < -0.3 is 15.4 Å². The number of amides is 1. The summed E-state index contributed by atoms with van der Waals surface area (Å²) in [6, 6.07) is 6.75. The molecule has 0 fully saturated rings. The highest BCUT2D eigenvalue weighted by molar-refractivity contribution is 6.42. The molecular weight excluding hydrogens is 313 g/mol. The van der Waals surface area contributed by atoms with Gasteiger partial charge in [0.2, 0.25) is 0 Å². The van der Waals surface area contributed by atoms with Crippen molar-refractivity contribution in [2.45, 2.75) is 6.42 Å². The van der Waals surface area contributed by atoms with Gasteiger partial charge in [-0.05, 0) is 24.6 Å². The number of benzene rings is 1. The second-order valence-corrected chi connectivity index (χ2v) is 4.86. The quantitative estimate of drug-likeness (QED) is 0.458. The molecule has 0 spiro atoms. The first kappa shape index (κ1) is 17.3. The van der Waals surface area contributed by atoms with E-state index >= 15 is 0 Å². The Morgan fingerprint density at radius 2 is 2.19 bits per heavy atom. The number of ether oxygens (including phenoxy) is 1. The summed E-state index contributed by atoms with van der Waals surface area (Å²) in [6.07, 6.45) is 2.01. The van der Waals surface area contributed by atoms with Crippen LogP contribution in [0.1, 0.15) is 6.42 Å². The minimum absolute atomic E-state index is 0.0292. The average Bonchev–Trinajstić information content (AvgIpc) is 2.48. The summed E-state index contributed by atoms with van der Waals surface area (Å²) in [4.78, 5) is 11.7. The fourth-order valence-corrected chi connectivity index (χ4v) is 1.70. The van der Waals surface area contributed by atoms with Crippen LogP contribution in [0.25, 0.3) is 0 Å². The monoisotopic (exact) mass is 327 g/mol. The molecule has 0 saturated carbocycles. The summed E-state index contributed by atoms with van der Waals surface area (Å²) in [5, 5.41) is 15.3. The fraction of sp³-hybridized carbons (Fsp3) is 0.286. The maximum atomic E-state index is 11.7. The van der Waals surface area contributed by atoms with Gasteiger partial charge in [-0.1, -0.05) is 23.2 Å². The molecule has 7 heteroatoms. The van der Waals surface area contributed by atoms with Crippen LogP contribution in [0.3, 0.4) is 0 Å². The van der Waals surface area contributed by atoms with E-state index in [1.807, 2.05) is 6.07 Å². The van der Waals surface area contributed by atoms with E-state index in [0.717, 1.165) is 0 Å². The standard InChI is InChI=1S/C14H15Cl2N3O2/c1-21-6-2-5-18-14(20)10(8-17)9-19-11-3-4-12(15)13(16)7-11/h3-4,7,9,19H,2,5-6H2,1H3,(H,18,20)/b10-9-. The van der Waals surface area contributed by atoms with Crippen molar-refractivity contribution in [1.29, 1.82) is 5.26 Å². The topological polar surface area (TPSA) is 74.1 Å². The summed E-state index contributed by atoms with van der Waals surface area (Å²) in [7, 11) is 1.59. The molecule has 1 aromatic rings. The van der Waals surface area contributed by atoms with Crippen LogP contribution in [0.5, 0.6) is 0 Å². The van der Waals surface area contributed by atoms with Crippen molar-refractivity contribution in [3.63, 3.8) is 0 Å². The molecule has 1 rings (SSSR count). The fourth-order valence-electron chi connectivity index (χ4n) is 1.40. The Hall–Kier alpha value is -1.74. The Labute approximate surface area is 133 Å². The van der Waals surface area contributed by atoms with Crippen molar-refractivity contribution in [3.05, 3.63) is 40.0 Å². The molecule has 0 aliphatic heterocycles. The van der Waals surface area contributed by atoms with E-state index in [1.165, 1.54) is 6.20 Å². The highest BCUT2D eigenvalue weighted by Crippen LogP contribution is 2.25. The molecule has 0 bridgehead atoms. The first-order valence-electron chi connectivity index (χ1n) is 6.17. The third-order valence-electron chi connectivity index (χ3n) is 2.48. The number of nitriles is 1. The van der Waals surface area contributed by atoms with Gasteiger partial charge in [0.25, 0.3) is 5.91 Å². The van der Waals surface area contributed by atoms with Crippen LogP contribution in [-0.4, -0.2) is 26.2 Å². The lowest BCUT2D eigenvalue weighted by Crippen LogP contribution is -2.26. The molecule has 21 heavy (non-hydrogen) atoms. The van der Waals surface area contributed by atoms with Gasteiger partial charge in [0.1, 0.15) is 11.6 Å². The number of carbonyl (C=O) groups excluding carboxylic acids is 1. The van der Waals surface area contributed by atoms with Gasteiger partial charge in [-0.25, -0.2) is 0 Å². The Bertz CT molecular complexity index is 568. The minimum Gasteiger partial charge on any atom is -0.385 e. The number of nitrogens with zero attached hydrogens (tertiary/aromatic N) is 1. The average molecular weight is 328 g/mol. The second kappa shape index (κ2) is 9.24. The van der Waals surface area contributed by atoms with Crippen molar-refractivity contribution in [2.24, 2.45) is 0 Å². The van der Waals surface area contributed by atoms with Gasteiger partial charge in [0, 0.05) is 32.1 Å². The Kier molecular flexibility index (Phi) is 7.62. The number of rotatable bonds is 7. The van der Waals surface area contributed by atoms with Crippen LogP contribution in [-0.2, 0) is 9.53 Å². The Balaban J connectivity index is 2.60. The third-order valence-corrected chi connectivity index (χ3v) is 3.22. The lowest BCUT2D eigenvalue weighted by molar-refractivity contribution is -0.117. The van der Waals surface area contributed by atoms with E-state index in [0.29, 0.717) is 35.3 Å². The molecule has 0 saturated heterocycles. The van der Waals surface area contributed by atoms with E-state index in [9.17, 15) is 4.79 Å². The zero-order valence-electron chi connectivity index (χ0n) is 11.5. The predicted octanol–water partition coefficient (Wildman–Crippen LogP) is 2.97. The van der Waals surface area contributed by atoms with Crippen LogP contribution in [0, 0.1) is 11.3 Å². The van der Waals surface area contributed by atoms with Crippen LogP contribution in [0.4, 0.5) is 5.69 Å². The lowest BCUT2D eigenvalue weighted by atomic mass is 10.2. The van der Waals surface area contributed by atoms with E-state index in [1.54, 1.807) is 25.3 Å². The van der Waals surface area contributed by atoms with E-state index < -0.39 is 5.91 Å². The zero-order chi connectivity index (χ0) is 15.7. The second-order valence-electron chi connectivity index (χ2n) is 4.05. The summed E-state index contributed by atoms with van der Waals surface area (Å²) in [5.41, 5.74) is 0.600. The molecule has 112 valence electrons. The SMILES string of the molecule is COCCCNC(=O)/C(C#N)=C\Nc1ccc(Cl)c(Cl)c1. The molecule has 5 nitrogen and oxygen atoms in total. The minimum atomic E-state index is -0.443. The highest BCUT2D eigenvalue weighted by Gasteiger charge is 2.08. The third kappa shape index (κ3) is 6.05. The van der Waals surface area contributed by atoms with Crippen LogP contribution in [0.15, 0.2) is 30.0 Å². The number of methoxy groups -OCH3 is 1. The number of nitrogens with one attached hydrogen (secondary N) is 2. The molecule has 0 heterocycles. The molecule has 2 N–H and O–H groups in total. The van der Waals surface area contributed by atoms with E-state index in [4.69, 9.17) is 33.2 Å². The Morgan fingerprint density at radius 3 is 2.81 bits per heavy atom. The van der Waals surface area contributed by atoms with Crippen molar-refractivity contribution in [2.75, 3.05) is 25.6 Å². The number of halogens is 2. The lowest BCUT2D eigenvalue weighted by Gasteiger charge is -2.05. The number of hydrogen-bond acceptors (Lipinski definition) is 4. The first-order chi connectivity index (χ1) is 10.1.